The van der Waals surface area contributed by atoms with Crippen molar-refractivity contribution in [1.29, 1.82) is 0 Å². The van der Waals surface area contributed by atoms with Gasteiger partial charge in [0.15, 0.2) is 5.13 Å². The molecule has 132 valence electrons. The standard InChI is InChI=1S/C20H18N2O3S/c1-2-25-18(23)12-15-13-26-20(21-15)22-19(24)17-11-7-6-10-16(17)14-8-4-3-5-9-14/h3-11,13H,2,12H2,1H3,(H,21,22,24). The average Bonchev–Trinajstić information content (AvgIpc) is 3.09. The van der Waals surface area contributed by atoms with Crippen molar-refractivity contribution in [1.82, 2.24) is 4.98 Å². The van der Waals surface area contributed by atoms with Crippen molar-refractivity contribution in [2.45, 2.75) is 13.3 Å². The molecule has 1 amide bonds. The molecule has 5 nitrogen and oxygen atoms in total. The first-order chi connectivity index (χ1) is 12.7. The van der Waals surface area contributed by atoms with Gasteiger partial charge in [0.05, 0.1) is 18.7 Å². The van der Waals surface area contributed by atoms with E-state index in [1.807, 2.05) is 48.5 Å². The molecule has 0 bridgehead atoms. The molecule has 6 heteroatoms. The maximum absolute atomic E-state index is 12.7. The van der Waals surface area contributed by atoms with Gasteiger partial charge in [-0.2, -0.15) is 0 Å². The molecule has 0 unspecified atom stereocenters. The zero-order valence-corrected chi connectivity index (χ0v) is 15.1. The molecule has 1 aromatic heterocycles. The van der Waals surface area contributed by atoms with Gasteiger partial charge in [-0.15, -0.1) is 11.3 Å². The Labute approximate surface area is 155 Å². The minimum Gasteiger partial charge on any atom is -0.466 e. The van der Waals surface area contributed by atoms with Gasteiger partial charge in [-0.1, -0.05) is 48.5 Å². The minimum absolute atomic E-state index is 0.0980. The Balaban J connectivity index is 1.75. The van der Waals surface area contributed by atoms with Crippen LogP contribution in [0.15, 0.2) is 60.0 Å². The number of aromatic nitrogens is 1. The second kappa shape index (κ2) is 8.40. The number of nitrogens with one attached hydrogen (secondary N) is 1. The second-order valence-corrected chi connectivity index (χ2v) is 6.35. The van der Waals surface area contributed by atoms with Gasteiger partial charge in [-0.3, -0.25) is 14.9 Å². The number of nitrogens with zero attached hydrogens (tertiary/aromatic N) is 1. The maximum atomic E-state index is 12.7. The summed E-state index contributed by atoms with van der Waals surface area (Å²) in [6, 6.07) is 17.2. The molecule has 0 radical (unpaired) electrons. The molecule has 0 fully saturated rings. The van der Waals surface area contributed by atoms with E-state index in [2.05, 4.69) is 10.3 Å². The van der Waals surface area contributed by atoms with Gasteiger partial charge in [0.25, 0.3) is 5.91 Å². The van der Waals surface area contributed by atoms with Gasteiger partial charge in [-0.05, 0) is 24.1 Å². The average molecular weight is 366 g/mol. The third-order valence-corrected chi connectivity index (χ3v) is 4.47. The van der Waals surface area contributed by atoms with Crippen molar-refractivity contribution in [2.75, 3.05) is 11.9 Å². The molecule has 26 heavy (non-hydrogen) atoms. The van der Waals surface area contributed by atoms with Crippen LogP contribution < -0.4 is 5.32 Å². The summed E-state index contributed by atoms with van der Waals surface area (Å²) in [6.45, 7) is 2.09. The number of hydrogen-bond acceptors (Lipinski definition) is 5. The summed E-state index contributed by atoms with van der Waals surface area (Å²) in [7, 11) is 0. The lowest BCUT2D eigenvalue weighted by Gasteiger charge is -2.09. The first-order valence-corrected chi connectivity index (χ1v) is 9.11. The number of benzene rings is 2. The Kier molecular flexibility index (Phi) is 5.76. The van der Waals surface area contributed by atoms with Crippen LogP contribution in [0, 0.1) is 0 Å². The molecule has 0 aliphatic rings. The highest BCUT2D eigenvalue weighted by molar-refractivity contribution is 7.14. The van der Waals surface area contributed by atoms with E-state index < -0.39 is 0 Å². The number of ether oxygens (including phenoxy) is 1. The summed E-state index contributed by atoms with van der Waals surface area (Å²) >= 11 is 1.28. The quantitative estimate of drug-likeness (QED) is 0.665. The Bertz CT molecular complexity index is 906. The Morgan fingerprint density at radius 3 is 2.58 bits per heavy atom. The molecule has 3 aromatic rings. The van der Waals surface area contributed by atoms with Crippen LogP contribution in [-0.4, -0.2) is 23.5 Å². The van der Waals surface area contributed by atoms with Crippen LogP contribution in [-0.2, 0) is 16.0 Å². The van der Waals surface area contributed by atoms with E-state index in [0.717, 1.165) is 11.1 Å². The van der Waals surface area contributed by atoms with Gasteiger partial charge in [0, 0.05) is 10.9 Å². The van der Waals surface area contributed by atoms with Crippen molar-refractivity contribution in [3.63, 3.8) is 0 Å². The lowest BCUT2D eigenvalue weighted by molar-refractivity contribution is -0.142. The van der Waals surface area contributed by atoms with Crippen LogP contribution in [0.3, 0.4) is 0 Å². The van der Waals surface area contributed by atoms with Gasteiger partial charge >= 0.3 is 5.97 Å². The summed E-state index contributed by atoms with van der Waals surface area (Å²) in [5.41, 5.74) is 2.98. The summed E-state index contributed by atoms with van der Waals surface area (Å²) < 4.78 is 4.91. The van der Waals surface area contributed by atoms with E-state index in [1.165, 1.54) is 11.3 Å². The van der Waals surface area contributed by atoms with E-state index in [1.54, 1.807) is 18.4 Å². The molecule has 0 aliphatic carbocycles. The number of rotatable bonds is 6. The lowest BCUT2D eigenvalue weighted by Crippen LogP contribution is -2.13. The number of carbonyl (C=O) groups is 2. The van der Waals surface area contributed by atoms with E-state index in [-0.39, 0.29) is 18.3 Å². The predicted octanol–water partition coefficient (Wildman–Crippen LogP) is 4.17. The van der Waals surface area contributed by atoms with Crippen LogP contribution in [0.2, 0.25) is 0 Å². The fourth-order valence-electron chi connectivity index (χ4n) is 2.52. The molecule has 1 N–H and O–H groups in total. The van der Waals surface area contributed by atoms with Crippen molar-refractivity contribution >= 4 is 28.3 Å². The highest BCUT2D eigenvalue weighted by Gasteiger charge is 2.15. The first kappa shape index (κ1) is 17.8. The van der Waals surface area contributed by atoms with Gasteiger partial charge in [-0.25, -0.2) is 4.98 Å². The molecule has 3 rings (SSSR count). The molecule has 0 saturated heterocycles. The molecule has 2 aromatic carbocycles. The highest BCUT2D eigenvalue weighted by Crippen LogP contribution is 2.25. The van der Waals surface area contributed by atoms with Crippen molar-refractivity contribution < 1.29 is 14.3 Å². The minimum atomic E-state index is -0.329. The predicted molar refractivity (Wildman–Crippen MR) is 102 cm³/mol. The fraction of sp³-hybridized carbons (Fsp3) is 0.150. The summed E-state index contributed by atoms with van der Waals surface area (Å²) in [5, 5.41) is 5.01. The number of carbonyl (C=O) groups excluding carboxylic acids is 2. The van der Waals surface area contributed by atoms with E-state index in [4.69, 9.17) is 4.74 Å². The summed E-state index contributed by atoms with van der Waals surface area (Å²) in [4.78, 5) is 28.5. The molecule has 1 heterocycles. The number of esters is 1. The van der Waals surface area contributed by atoms with Gasteiger partial charge < -0.3 is 4.74 Å². The maximum Gasteiger partial charge on any atom is 0.311 e. The lowest BCUT2D eigenvalue weighted by atomic mass is 9.99. The van der Waals surface area contributed by atoms with E-state index >= 15 is 0 Å². The number of amides is 1. The van der Waals surface area contributed by atoms with E-state index in [0.29, 0.717) is 23.0 Å². The first-order valence-electron chi connectivity index (χ1n) is 8.23. The van der Waals surface area contributed by atoms with Gasteiger partial charge in [0.1, 0.15) is 0 Å². The van der Waals surface area contributed by atoms with Crippen LogP contribution in [0.4, 0.5) is 5.13 Å². The molecule has 0 saturated carbocycles. The Morgan fingerprint density at radius 2 is 1.81 bits per heavy atom. The smallest absolute Gasteiger partial charge is 0.311 e. The third kappa shape index (κ3) is 4.34. The van der Waals surface area contributed by atoms with Crippen molar-refractivity contribution in [2.24, 2.45) is 0 Å². The number of hydrogen-bond donors (Lipinski definition) is 1. The molecular formula is C20H18N2O3S. The SMILES string of the molecule is CCOC(=O)Cc1csc(NC(=O)c2ccccc2-c2ccccc2)n1. The van der Waals surface area contributed by atoms with Crippen LogP contribution in [0.25, 0.3) is 11.1 Å². The summed E-state index contributed by atoms with van der Waals surface area (Å²) in [5.74, 6) is -0.563. The Morgan fingerprint density at radius 1 is 1.08 bits per heavy atom. The zero-order valence-electron chi connectivity index (χ0n) is 14.3. The van der Waals surface area contributed by atoms with Crippen molar-refractivity contribution in [3.8, 4) is 11.1 Å². The summed E-state index contributed by atoms with van der Waals surface area (Å²) in [6.07, 6.45) is 0.0980. The molecule has 0 aliphatic heterocycles. The molecule has 0 spiro atoms. The number of thiazole rings is 1. The van der Waals surface area contributed by atoms with Crippen molar-refractivity contribution in [3.05, 3.63) is 71.2 Å². The largest absolute Gasteiger partial charge is 0.466 e. The van der Waals surface area contributed by atoms with E-state index in [9.17, 15) is 9.59 Å². The normalized spacial score (nSPS) is 10.3. The van der Waals surface area contributed by atoms with Crippen LogP contribution in [0.5, 0.6) is 0 Å². The topological polar surface area (TPSA) is 68.3 Å². The van der Waals surface area contributed by atoms with Crippen LogP contribution >= 0.6 is 11.3 Å². The fourth-order valence-corrected chi connectivity index (χ4v) is 3.23. The second-order valence-electron chi connectivity index (χ2n) is 5.49. The molecule has 0 atom stereocenters. The third-order valence-electron chi connectivity index (χ3n) is 3.66. The van der Waals surface area contributed by atoms with Crippen LogP contribution in [0.1, 0.15) is 23.0 Å². The highest BCUT2D eigenvalue weighted by atomic mass is 32.1. The number of anilines is 1. The van der Waals surface area contributed by atoms with Gasteiger partial charge in [0.2, 0.25) is 0 Å². The molecular weight excluding hydrogens is 348 g/mol. The zero-order chi connectivity index (χ0) is 18.4. The monoisotopic (exact) mass is 366 g/mol. The Hall–Kier alpha value is -2.99.